The first-order chi connectivity index (χ1) is 21.1. The van der Waals surface area contributed by atoms with E-state index in [1.807, 2.05) is 0 Å². The van der Waals surface area contributed by atoms with Crippen molar-refractivity contribution < 1.29 is 22.6 Å². The minimum absolute atomic E-state index is 0.0471. The zero-order valence-electron chi connectivity index (χ0n) is 23.2. The molecular weight excluding hydrogens is 614 g/mol. The van der Waals surface area contributed by atoms with E-state index >= 15 is 0 Å². The highest BCUT2D eigenvalue weighted by Crippen LogP contribution is 2.35. The molecule has 1 aromatic heterocycles. The molecule has 0 saturated heterocycles. The van der Waals surface area contributed by atoms with E-state index in [-0.39, 0.29) is 23.4 Å². The van der Waals surface area contributed by atoms with Gasteiger partial charge in [-0.3, -0.25) is 4.79 Å². The van der Waals surface area contributed by atoms with Crippen LogP contribution in [0, 0.1) is 0 Å². The van der Waals surface area contributed by atoms with Gasteiger partial charge in [-0.2, -0.15) is 22.9 Å². The summed E-state index contributed by atoms with van der Waals surface area (Å²) < 4.78 is 53.3. The van der Waals surface area contributed by atoms with Crippen molar-refractivity contribution in [1.29, 1.82) is 0 Å². The summed E-state index contributed by atoms with van der Waals surface area (Å²) in [5.41, 5.74) is 0.958. The van der Waals surface area contributed by atoms with Crippen LogP contribution in [0.5, 0.6) is 11.5 Å². The van der Waals surface area contributed by atoms with Gasteiger partial charge < -0.3 is 9.47 Å². The lowest BCUT2D eigenvalue weighted by atomic mass is 10.1. The van der Waals surface area contributed by atoms with Gasteiger partial charge in [-0.05, 0) is 60.5 Å². The van der Waals surface area contributed by atoms with E-state index in [2.05, 4.69) is 16.7 Å². The molecule has 0 bridgehead atoms. The number of benzene rings is 4. The van der Waals surface area contributed by atoms with Crippen LogP contribution < -0.4 is 15.0 Å². The van der Waals surface area contributed by atoms with Crippen molar-refractivity contribution in [2.24, 2.45) is 5.10 Å². The van der Waals surface area contributed by atoms with Crippen LogP contribution in [-0.4, -0.2) is 23.0 Å². The molecule has 224 valence electrons. The molecule has 6 nitrogen and oxygen atoms in total. The summed E-state index contributed by atoms with van der Waals surface area (Å²) in [5, 5.41) is 5.62. The molecular formula is C33H24Cl2F3N3O3. The summed E-state index contributed by atoms with van der Waals surface area (Å²) in [5.74, 6) is 0.803. The SMILES string of the molecule is C=CCc1cc(C=Nn2c(-c3cccc(C(F)(F)F)c3)nc3ccccc3c2=O)cc(OC)c1OCc1ccc(Cl)cc1Cl. The van der Waals surface area contributed by atoms with Gasteiger partial charge in [-0.15, -0.1) is 6.58 Å². The van der Waals surface area contributed by atoms with Gasteiger partial charge in [0, 0.05) is 26.7 Å². The van der Waals surface area contributed by atoms with Crippen LogP contribution in [-0.2, 0) is 19.2 Å². The molecule has 5 aromatic rings. The quantitative estimate of drug-likeness (QED) is 0.120. The molecule has 4 aromatic carbocycles. The number of alkyl halides is 3. The van der Waals surface area contributed by atoms with Crippen molar-refractivity contribution in [3.63, 3.8) is 0 Å². The third-order valence-electron chi connectivity index (χ3n) is 6.65. The fraction of sp³-hybridized carbons (Fsp3) is 0.121. The van der Waals surface area contributed by atoms with E-state index in [9.17, 15) is 18.0 Å². The maximum absolute atomic E-state index is 13.6. The topological polar surface area (TPSA) is 65.7 Å². The van der Waals surface area contributed by atoms with Crippen molar-refractivity contribution in [2.45, 2.75) is 19.2 Å². The number of nitrogens with zero attached hydrogens (tertiary/aromatic N) is 3. The van der Waals surface area contributed by atoms with E-state index in [1.54, 1.807) is 60.7 Å². The Bertz CT molecular complexity index is 1960. The van der Waals surface area contributed by atoms with Gasteiger partial charge in [0.05, 0.1) is 29.8 Å². The number of hydrogen-bond donors (Lipinski definition) is 0. The van der Waals surface area contributed by atoms with E-state index in [4.69, 9.17) is 32.7 Å². The fourth-order valence-electron chi connectivity index (χ4n) is 4.55. The zero-order chi connectivity index (χ0) is 31.4. The molecule has 0 unspecified atom stereocenters. The lowest BCUT2D eigenvalue weighted by Gasteiger charge is -2.16. The molecule has 0 atom stereocenters. The number of allylic oxidation sites excluding steroid dienone is 1. The second-order valence-electron chi connectivity index (χ2n) is 9.62. The molecule has 1 heterocycles. The van der Waals surface area contributed by atoms with Gasteiger partial charge in [-0.25, -0.2) is 4.98 Å². The number of methoxy groups -OCH3 is 1. The molecule has 11 heteroatoms. The lowest BCUT2D eigenvalue weighted by Crippen LogP contribution is -2.20. The van der Waals surface area contributed by atoms with Crippen LogP contribution in [0.4, 0.5) is 13.2 Å². The van der Waals surface area contributed by atoms with E-state index in [1.165, 1.54) is 25.5 Å². The molecule has 0 spiro atoms. The summed E-state index contributed by atoms with van der Waals surface area (Å²) in [6, 6.07) is 19.7. The molecule has 0 aliphatic rings. The van der Waals surface area contributed by atoms with Crippen LogP contribution in [0.25, 0.3) is 22.3 Å². The predicted octanol–water partition coefficient (Wildman–Crippen LogP) is 8.59. The Morgan fingerprint density at radius 3 is 2.52 bits per heavy atom. The predicted molar refractivity (Wildman–Crippen MR) is 167 cm³/mol. The molecule has 0 aliphatic carbocycles. The number of para-hydroxylation sites is 1. The number of halogens is 5. The number of rotatable bonds is 9. The van der Waals surface area contributed by atoms with Gasteiger partial charge in [0.1, 0.15) is 6.61 Å². The summed E-state index contributed by atoms with van der Waals surface area (Å²) in [6.07, 6.45) is -1.07. The normalized spacial score (nSPS) is 11.7. The van der Waals surface area contributed by atoms with Crippen LogP contribution >= 0.6 is 23.2 Å². The third-order valence-corrected chi connectivity index (χ3v) is 7.24. The van der Waals surface area contributed by atoms with Gasteiger partial charge >= 0.3 is 6.18 Å². The Morgan fingerprint density at radius 1 is 1.00 bits per heavy atom. The lowest BCUT2D eigenvalue weighted by molar-refractivity contribution is -0.137. The highest BCUT2D eigenvalue weighted by Gasteiger charge is 2.31. The van der Waals surface area contributed by atoms with Crippen LogP contribution in [0.2, 0.25) is 10.0 Å². The van der Waals surface area contributed by atoms with Gasteiger partial charge in [0.25, 0.3) is 5.56 Å². The van der Waals surface area contributed by atoms with Gasteiger partial charge in [0.15, 0.2) is 17.3 Å². The number of aromatic nitrogens is 2. The van der Waals surface area contributed by atoms with Crippen LogP contribution in [0.1, 0.15) is 22.3 Å². The smallest absolute Gasteiger partial charge is 0.416 e. The van der Waals surface area contributed by atoms with Crippen molar-refractivity contribution in [3.05, 3.63) is 134 Å². The first-order valence-corrected chi connectivity index (χ1v) is 14.0. The van der Waals surface area contributed by atoms with Crippen LogP contribution in [0.3, 0.4) is 0 Å². The standard InChI is InChI=1S/C33H24Cl2F3N3O3/c1-3-7-21-14-20(15-29(43-2)30(21)44-19-23-12-13-25(34)17-27(23)35)18-39-41-31(22-8-6-9-24(16-22)33(36,37)38)40-28-11-5-4-10-26(28)32(41)42/h3-6,8-18H,1,7,19H2,2H3. The van der Waals surface area contributed by atoms with Gasteiger partial charge in [-0.1, -0.05) is 59.6 Å². The zero-order valence-corrected chi connectivity index (χ0v) is 24.7. The second kappa shape index (κ2) is 13.0. The van der Waals surface area contributed by atoms with Crippen molar-refractivity contribution in [1.82, 2.24) is 9.66 Å². The Hall–Kier alpha value is -4.60. The Morgan fingerprint density at radius 2 is 1.80 bits per heavy atom. The fourth-order valence-corrected chi connectivity index (χ4v) is 5.01. The monoisotopic (exact) mass is 637 g/mol. The molecule has 0 N–H and O–H groups in total. The number of hydrogen-bond acceptors (Lipinski definition) is 5. The molecule has 0 aliphatic heterocycles. The molecule has 0 fully saturated rings. The molecule has 44 heavy (non-hydrogen) atoms. The van der Waals surface area contributed by atoms with Gasteiger partial charge in [0.2, 0.25) is 0 Å². The van der Waals surface area contributed by atoms with Crippen molar-refractivity contribution >= 4 is 40.3 Å². The third kappa shape index (κ3) is 6.64. The Kier molecular flexibility index (Phi) is 9.08. The molecule has 0 radical (unpaired) electrons. The second-order valence-corrected chi connectivity index (χ2v) is 10.5. The Labute approximate surface area is 260 Å². The summed E-state index contributed by atoms with van der Waals surface area (Å²) in [7, 11) is 1.49. The molecule has 5 rings (SSSR count). The molecule has 0 saturated carbocycles. The van der Waals surface area contributed by atoms with E-state index in [0.29, 0.717) is 44.6 Å². The first kappa shape index (κ1) is 30.8. The Balaban J connectivity index is 1.58. The van der Waals surface area contributed by atoms with E-state index in [0.717, 1.165) is 22.4 Å². The maximum atomic E-state index is 13.6. The summed E-state index contributed by atoms with van der Waals surface area (Å²) in [4.78, 5) is 18.1. The average molecular weight is 638 g/mol. The van der Waals surface area contributed by atoms with Crippen molar-refractivity contribution in [2.75, 3.05) is 7.11 Å². The average Bonchev–Trinajstić information content (AvgIpc) is 3.00. The number of fused-ring (bicyclic) bond motifs is 1. The minimum Gasteiger partial charge on any atom is -0.493 e. The highest BCUT2D eigenvalue weighted by atomic mass is 35.5. The summed E-state index contributed by atoms with van der Waals surface area (Å²) >= 11 is 12.3. The maximum Gasteiger partial charge on any atom is 0.416 e. The van der Waals surface area contributed by atoms with Crippen molar-refractivity contribution in [3.8, 4) is 22.9 Å². The minimum atomic E-state index is -4.58. The highest BCUT2D eigenvalue weighted by molar-refractivity contribution is 6.35. The largest absolute Gasteiger partial charge is 0.493 e. The van der Waals surface area contributed by atoms with E-state index < -0.39 is 17.3 Å². The number of ether oxygens (including phenoxy) is 2. The van der Waals surface area contributed by atoms with Crippen LogP contribution in [0.15, 0.2) is 101 Å². The first-order valence-electron chi connectivity index (χ1n) is 13.2. The molecule has 0 amide bonds. The summed E-state index contributed by atoms with van der Waals surface area (Å²) in [6.45, 7) is 3.97.